The Kier molecular flexibility index (Phi) is 4.32. The molecule has 2 aromatic carbocycles. The first-order valence-corrected chi connectivity index (χ1v) is 8.12. The largest absolute Gasteiger partial charge is 0.309 e. The molecule has 0 amide bonds. The normalized spacial score (nSPS) is 15.6. The second kappa shape index (κ2) is 6.21. The van der Waals surface area contributed by atoms with E-state index in [9.17, 15) is 0 Å². The predicted octanol–water partition coefficient (Wildman–Crippen LogP) is 4.84. The van der Waals surface area contributed by atoms with Crippen LogP contribution in [0, 0.1) is 6.92 Å². The number of nitrogens with one attached hydrogen (secondary N) is 1. The number of aryl methyl sites for hydroxylation is 3. The summed E-state index contributed by atoms with van der Waals surface area (Å²) in [5, 5.41) is 4.26. The maximum Gasteiger partial charge on any atom is 0.0589 e. The van der Waals surface area contributed by atoms with Gasteiger partial charge in [0.25, 0.3) is 0 Å². The SMILES string of the molecule is CNC(c1ccc2c(c1)CCCC2)c1ccc(C)cc1Cl. The summed E-state index contributed by atoms with van der Waals surface area (Å²) in [6.07, 6.45) is 5.07. The van der Waals surface area contributed by atoms with Crippen molar-refractivity contribution < 1.29 is 0 Å². The van der Waals surface area contributed by atoms with Crippen LogP contribution in [0.3, 0.4) is 0 Å². The molecule has 0 fully saturated rings. The van der Waals surface area contributed by atoms with Crippen molar-refractivity contribution in [1.29, 1.82) is 0 Å². The monoisotopic (exact) mass is 299 g/mol. The second-order valence-corrected chi connectivity index (χ2v) is 6.39. The van der Waals surface area contributed by atoms with Crippen molar-refractivity contribution in [2.45, 2.75) is 38.6 Å². The van der Waals surface area contributed by atoms with E-state index in [1.165, 1.54) is 47.9 Å². The summed E-state index contributed by atoms with van der Waals surface area (Å²) in [6.45, 7) is 2.07. The van der Waals surface area contributed by atoms with Gasteiger partial charge in [0.05, 0.1) is 6.04 Å². The first kappa shape index (κ1) is 14.6. The Labute approximate surface area is 132 Å². The van der Waals surface area contributed by atoms with Crippen LogP contribution in [0.2, 0.25) is 5.02 Å². The van der Waals surface area contributed by atoms with Crippen molar-refractivity contribution >= 4 is 11.6 Å². The zero-order valence-corrected chi connectivity index (χ0v) is 13.5. The van der Waals surface area contributed by atoms with Gasteiger partial charge in [-0.1, -0.05) is 41.9 Å². The lowest BCUT2D eigenvalue weighted by Crippen LogP contribution is -2.19. The summed E-state index contributed by atoms with van der Waals surface area (Å²) in [4.78, 5) is 0. The van der Waals surface area contributed by atoms with E-state index in [-0.39, 0.29) is 6.04 Å². The molecular weight excluding hydrogens is 278 g/mol. The number of benzene rings is 2. The lowest BCUT2D eigenvalue weighted by molar-refractivity contribution is 0.668. The van der Waals surface area contributed by atoms with Crippen LogP contribution in [0.5, 0.6) is 0 Å². The molecule has 0 saturated heterocycles. The maximum atomic E-state index is 6.46. The average molecular weight is 300 g/mol. The molecule has 3 rings (SSSR count). The van der Waals surface area contributed by atoms with Gasteiger partial charge in [-0.2, -0.15) is 0 Å². The van der Waals surface area contributed by atoms with Gasteiger partial charge >= 0.3 is 0 Å². The minimum atomic E-state index is 0.158. The Morgan fingerprint density at radius 2 is 1.76 bits per heavy atom. The molecule has 1 N–H and O–H groups in total. The summed E-state index contributed by atoms with van der Waals surface area (Å²) >= 11 is 6.46. The molecule has 1 unspecified atom stereocenters. The van der Waals surface area contributed by atoms with Gasteiger partial charge in [0.1, 0.15) is 0 Å². The molecule has 2 aromatic rings. The number of rotatable bonds is 3. The zero-order chi connectivity index (χ0) is 14.8. The van der Waals surface area contributed by atoms with Gasteiger partial charge in [0.15, 0.2) is 0 Å². The van der Waals surface area contributed by atoms with E-state index in [0.29, 0.717) is 0 Å². The van der Waals surface area contributed by atoms with Crippen molar-refractivity contribution in [1.82, 2.24) is 5.32 Å². The molecule has 110 valence electrons. The third-order valence-corrected chi connectivity index (χ3v) is 4.79. The van der Waals surface area contributed by atoms with E-state index in [1.807, 2.05) is 13.1 Å². The number of hydrogen-bond acceptors (Lipinski definition) is 1. The molecule has 0 aromatic heterocycles. The van der Waals surface area contributed by atoms with Crippen LogP contribution in [-0.2, 0) is 12.8 Å². The summed E-state index contributed by atoms with van der Waals surface area (Å²) in [7, 11) is 2.00. The highest BCUT2D eigenvalue weighted by Gasteiger charge is 2.17. The lowest BCUT2D eigenvalue weighted by atomic mass is 9.88. The fraction of sp³-hybridized carbons (Fsp3) is 0.368. The Morgan fingerprint density at radius 3 is 2.48 bits per heavy atom. The standard InChI is InChI=1S/C19H22ClN/c1-13-7-10-17(18(20)11-13)19(21-2)16-9-8-14-5-3-4-6-15(14)12-16/h7-12,19,21H,3-6H2,1-2H3. The van der Waals surface area contributed by atoms with Gasteiger partial charge in [-0.15, -0.1) is 0 Å². The average Bonchev–Trinajstić information content (AvgIpc) is 2.50. The molecule has 0 heterocycles. The zero-order valence-electron chi connectivity index (χ0n) is 12.7. The molecule has 0 radical (unpaired) electrons. The summed E-state index contributed by atoms with van der Waals surface area (Å²) in [5.41, 5.74) is 6.70. The summed E-state index contributed by atoms with van der Waals surface area (Å²) in [6, 6.07) is 13.4. The molecular formula is C19H22ClN. The first-order valence-electron chi connectivity index (χ1n) is 7.74. The van der Waals surface area contributed by atoms with E-state index in [0.717, 1.165) is 10.6 Å². The van der Waals surface area contributed by atoms with Gasteiger partial charge in [-0.05, 0) is 73.5 Å². The quantitative estimate of drug-likeness (QED) is 0.855. The summed E-state index contributed by atoms with van der Waals surface area (Å²) < 4.78 is 0. The topological polar surface area (TPSA) is 12.0 Å². The van der Waals surface area contributed by atoms with E-state index in [1.54, 1.807) is 0 Å². The van der Waals surface area contributed by atoms with Gasteiger partial charge in [0, 0.05) is 5.02 Å². The minimum Gasteiger partial charge on any atom is -0.309 e. The predicted molar refractivity (Wildman–Crippen MR) is 90.2 cm³/mol. The molecule has 1 atom stereocenters. The van der Waals surface area contributed by atoms with E-state index in [4.69, 9.17) is 11.6 Å². The van der Waals surface area contributed by atoms with Gasteiger partial charge < -0.3 is 5.32 Å². The third kappa shape index (κ3) is 3.00. The Balaban J connectivity index is 1.99. The third-order valence-electron chi connectivity index (χ3n) is 4.46. The van der Waals surface area contributed by atoms with Crippen molar-refractivity contribution in [3.63, 3.8) is 0 Å². The number of hydrogen-bond donors (Lipinski definition) is 1. The maximum absolute atomic E-state index is 6.46. The molecule has 0 saturated carbocycles. The molecule has 1 aliphatic carbocycles. The van der Waals surface area contributed by atoms with Gasteiger partial charge in [-0.3, -0.25) is 0 Å². The first-order chi connectivity index (χ1) is 10.2. The fourth-order valence-electron chi connectivity index (χ4n) is 3.30. The van der Waals surface area contributed by atoms with Crippen LogP contribution < -0.4 is 5.32 Å². The fourth-order valence-corrected chi connectivity index (χ4v) is 3.65. The minimum absolute atomic E-state index is 0.158. The second-order valence-electron chi connectivity index (χ2n) is 5.98. The molecule has 1 aliphatic rings. The molecule has 0 bridgehead atoms. The van der Waals surface area contributed by atoms with Crippen molar-refractivity contribution in [3.8, 4) is 0 Å². The van der Waals surface area contributed by atoms with E-state index in [2.05, 4.69) is 42.6 Å². The van der Waals surface area contributed by atoms with Crippen LogP contribution in [-0.4, -0.2) is 7.05 Å². The smallest absolute Gasteiger partial charge is 0.0589 e. The highest BCUT2D eigenvalue weighted by Crippen LogP contribution is 2.31. The molecule has 0 aliphatic heterocycles. The Bertz CT molecular complexity index is 648. The van der Waals surface area contributed by atoms with Crippen molar-refractivity contribution in [2.24, 2.45) is 0 Å². The van der Waals surface area contributed by atoms with Crippen LogP contribution in [0.4, 0.5) is 0 Å². The molecule has 2 heteroatoms. The van der Waals surface area contributed by atoms with Gasteiger partial charge in [-0.25, -0.2) is 0 Å². The lowest BCUT2D eigenvalue weighted by Gasteiger charge is -2.22. The van der Waals surface area contributed by atoms with Crippen LogP contribution in [0.15, 0.2) is 36.4 Å². The summed E-state index contributed by atoms with van der Waals surface area (Å²) in [5.74, 6) is 0. The molecule has 0 spiro atoms. The number of halogens is 1. The highest BCUT2D eigenvalue weighted by molar-refractivity contribution is 6.31. The molecule has 1 nitrogen and oxygen atoms in total. The highest BCUT2D eigenvalue weighted by atomic mass is 35.5. The van der Waals surface area contributed by atoms with Gasteiger partial charge in [0.2, 0.25) is 0 Å². The van der Waals surface area contributed by atoms with E-state index >= 15 is 0 Å². The van der Waals surface area contributed by atoms with Crippen molar-refractivity contribution in [3.05, 3.63) is 69.2 Å². The molecule has 21 heavy (non-hydrogen) atoms. The van der Waals surface area contributed by atoms with Crippen LogP contribution in [0.1, 0.15) is 46.7 Å². The van der Waals surface area contributed by atoms with E-state index < -0.39 is 0 Å². The Morgan fingerprint density at radius 1 is 1.00 bits per heavy atom. The van der Waals surface area contributed by atoms with Crippen LogP contribution in [0.25, 0.3) is 0 Å². The van der Waals surface area contributed by atoms with Crippen LogP contribution >= 0.6 is 11.6 Å². The number of fused-ring (bicyclic) bond motifs is 1. The Hall–Kier alpha value is -1.31. The van der Waals surface area contributed by atoms with Crippen molar-refractivity contribution in [2.75, 3.05) is 7.05 Å².